The number of aromatic nitrogens is 2. The Kier molecular flexibility index (Phi) is 6.81. The van der Waals surface area contributed by atoms with Gasteiger partial charge in [0, 0.05) is 18.1 Å². The van der Waals surface area contributed by atoms with E-state index in [2.05, 4.69) is 24.9 Å². The highest BCUT2D eigenvalue weighted by molar-refractivity contribution is 8.15. The predicted molar refractivity (Wildman–Crippen MR) is 117 cm³/mol. The Labute approximate surface area is 181 Å². The highest BCUT2D eigenvalue weighted by Crippen LogP contribution is 2.27. The van der Waals surface area contributed by atoms with Crippen LogP contribution in [0.2, 0.25) is 0 Å². The lowest BCUT2D eigenvalue weighted by Crippen LogP contribution is -2.16. The van der Waals surface area contributed by atoms with Crippen LogP contribution in [0.25, 0.3) is 11.4 Å². The van der Waals surface area contributed by atoms with E-state index in [0.29, 0.717) is 28.5 Å². The molecule has 1 amide bonds. The summed E-state index contributed by atoms with van der Waals surface area (Å²) < 4.78 is 24.4. The van der Waals surface area contributed by atoms with Gasteiger partial charge in [0.05, 0.1) is 12.8 Å². The van der Waals surface area contributed by atoms with Crippen LogP contribution in [0.1, 0.15) is 17.0 Å². The Hall–Kier alpha value is -3.53. The summed E-state index contributed by atoms with van der Waals surface area (Å²) in [6, 6.07) is 9.67. The number of aliphatic imine (C=N–C) groups is 2. The number of hydrogen-bond acceptors (Lipinski definition) is 8. The molecule has 8 nitrogen and oxygen atoms in total. The monoisotopic (exact) mass is 442 g/mol. The average molecular weight is 442 g/mol. The average Bonchev–Trinajstić information content (AvgIpc) is 3.19. The third-order valence-electron chi connectivity index (χ3n) is 4.11. The minimum Gasteiger partial charge on any atom is -0.505 e. The largest absolute Gasteiger partial charge is 0.505 e. The number of phenolic OH excluding ortho intramolecular Hbond substituents is 1. The number of halogens is 1. The van der Waals surface area contributed by atoms with Crippen LogP contribution >= 0.6 is 11.8 Å². The van der Waals surface area contributed by atoms with Gasteiger partial charge in [-0.05, 0) is 55.1 Å². The molecule has 0 aliphatic rings. The second kappa shape index (κ2) is 9.52. The third kappa shape index (κ3) is 5.15. The molecule has 3 aromatic rings. The Morgan fingerprint density at radius 3 is 2.52 bits per heavy atom. The zero-order chi connectivity index (χ0) is 22.5. The van der Waals surface area contributed by atoms with Crippen LogP contribution in [0, 0.1) is 19.7 Å². The highest BCUT2D eigenvalue weighted by Gasteiger charge is 2.20. The van der Waals surface area contributed by atoms with Crippen LogP contribution in [0.15, 0.2) is 50.9 Å². The van der Waals surface area contributed by atoms with Gasteiger partial charge in [0.1, 0.15) is 10.8 Å². The van der Waals surface area contributed by atoms with Gasteiger partial charge in [-0.2, -0.15) is 9.98 Å². The molecule has 1 N–H and O–H groups in total. The molecule has 1 aromatic heterocycles. The number of nitrogens with zero attached hydrogens (tertiary/aromatic N) is 4. The molecule has 2 aromatic carbocycles. The molecule has 0 radical (unpaired) electrons. The standard InChI is InChI=1S/C21H19FN4O4S/c1-11-9-15(17(22)16(27)10-11)18(20(31-4)25-21(28)29-3)24-14-7-5-13(6-8-14)19-23-12(2)30-26-19/h5-10,27H,1-4H3/b24-18-,25-20-. The number of thioether (sulfide) groups is 1. The Morgan fingerprint density at radius 1 is 1.23 bits per heavy atom. The molecule has 0 saturated carbocycles. The maximum atomic E-state index is 14.8. The summed E-state index contributed by atoms with van der Waals surface area (Å²) >= 11 is 1.10. The Morgan fingerprint density at radius 2 is 1.94 bits per heavy atom. The van der Waals surface area contributed by atoms with Gasteiger partial charge in [0.15, 0.2) is 11.6 Å². The van der Waals surface area contributed by atoms with Crippen LogP contribution in [0.3, 0.4) is 0 Å². The van der Waals surface area contributed by atoms with E-state index in [9.17, 15) is 14.3 Å². The van der Waals surface area contributed by atoms with E-state index < -0.39 is 17.7 Å². The molecule has 160 valence electrons. The third-order valence-corrected chi connectivity index (χ3v) is 4.78. The minimum atomic E-state index is -0.866. The summed E-state index contributed by atoms with van der Waals surface area (Å²) in [5.41, 5.74) is 1.88. The smallest absolute Gasteiger partial charge is 0.434 e. The first-order valence-corrected chi connectivity index (χ1v) is 10.2. The van der Waals surface area contributed by atoms with Gasteiger partial charge < -0.3 is 14.4 Å². The topological polar surface area (TPSA) is 110 Å². The molecular weight excluding hydrogens is 423 g/mol. The van der Waals surface area contributed by atoms with Gasteiger partial charge >= 0.3 is 6.09 Å². The molecule has 0 bridgehead atoms. The van der Waals surface area contributed by atoms with Crippen molar-refractivity contribution in [3.05, 3.63) is 59.2 Å². The van der Waals surface area contributed by atoms with E-state index in [0.717, 1.165) is 11.8 Å². The maximum absolute atomic E-state index is 14.8. The van der Waals surface area contributed by atoms with Crippen LogP contribution in [0.4, 0.5) is 14.9 Å². The number of ether oxygens (including phenoxy) is 1. The zero-order valence-electron chi connectivity index (χ0n) is 17.2. The van der Waals surface area contributed by atoms with Gasteiger partial charge in [-0.15, -0.1) is 11.8 Å². The number of methoxy groups -OCH3 is 1. The van der Waals surface area contributed by atoms with Crippen molar-refractivity contribution < 1.29 is 23.6 Å². The molecule has 10 heteroatoms. The van der Waals surface area contributed by atoms with Crippen molar-refractivity contribution in [2.45, 2.75) is 13.8 Å². The second-order valence-corrected chi connectivity index (χ2v) is 7.18. The summed E-state index contributed by atoms with van der Waals surface area (Å²) in [6.45, 7) is 3.40. The fourth-order valence-corrected chi connectivity index (χ4v) is 3.21. The van der Waals surface area contributed by atoms with Gasteiger partial charge in [0.2, 0.25) is 11.7 Å². The zero-order valence-corrected chi connectivity index (χ0v) is 18.0. The summed E-state index contributed by atoms with van der Waals surface area (Å²) in [7, 11) is 1.19. The molecule has 0 saturated heterocycles. The summed E-state index contributed by atoms with van der Waals surface area (Å²) in [6.07, 6.45) is 0.823. The number of aryl methyl sites for hydroxylation is 2. The van der Waals surface area contributed by atoms with Crippen molar-refractivity contribution in [1.82, 2.24) is 10.1 Å². The first-order chi connectivity index (χ1) is 14.8. The normalized spacial score (nSPS) is 12.2. The van der Waals surface area contributed by atoms with Crippen LogP contribution in [-0.2, 0) is 4.74 Å². The molecule has 0 atom stereocenters. The molecule has 31 heavy (non-hydrogen) atoms. The maximum Gasteiger partial charge on any atom is 0.434 e. The van der Waals surface area contributed by atoms with E-state index in [-0.39, 0.29) is 16.3 Å². The van der Waals surface area contributed by atoms with Gasteiger partial charge in [-0.3, -0.25) is 0 Å². The van der Waals surface area contributed by atoms with E-state index in [1.54, 1.807) is 44.4 Å². The minimum absolute atomic E-state index is 0.00683. The van der Waals surface area contributed by atoms with E-state index in [1.807, 2.05) is 0 Å². The lowest BCUT2D eigenvalue weighted by Gasteiger charge is -2.11. The van der Waals surface area contributed by atoms with Crippen molar-refractivity contribution in [3.63, 3.8) is 0 Å². The van der Waals surface area contributed by atoms with E-state index >= 15 is 0 Å². The number of aromatic hydroxyl groups is 1. The van der Waals surface area contributed by atoms with E-state index in [4.69, 9.17) is 4.52 Å². The molecule has 0 fully saturated rings. The number of hydrogen-bond donors (Lipinski definition) is 1. The first-order valence-electron chi connectivity index (χ1n) is 9.02. The molecule has 0 unspecified atom stereocenters. The van der Waals surface area contributed by atoms with Crippen molar-refractivity contribution >= 4 is 34.3 Å². The molecule has 0 spiro atoms. The second-order valence-electron chi connectivity index (χ2n) is 6.38. The molecule has 3 rings (SSSR count). The molecule has 0 aliphatic heterocycles. The van der Waals surface area contributed by atoms with Crippen LogP contribution < -0.4 is 0 Å². The Bertz CT molecular complexity index is 1170. The molecular formula is C21H19FN4O4S. The van der Waals surface area contributed by atoms with Crippen molar-refractivity contribution in [1.29, 1.82) is 0 Å². The fraction of sp³-hybridized carbons (Fsp3) is 0.190. The number of rotatable bonds is 4. The van der Waals surface area contributed by atoms with Crippen LogP contribution in [0.5, 0.6) is 5.75 Å². The predicted octanol–water partition coefficient (Wildman–Crippen LogP) is 4.85. The van der Waals surface area contributed by atoms with Gasteiger partial charge in [0.25, 0.3) is 0 Å². The van der Waals surface area contributed by atoms with Crippen molar-refractivity contribution in [2.75, 3.05) is 13.4 Å². The van der Waals surface area contributed by atoms with Crippen molar-refractivity contribution in [2.24, 2.45) is 9.98 Å². The summed E-state index contributed by atoms with van der Waals surface area (Å²) in [5.74, 6) is -0.517. The Balaban J connectivity index is 2.13. The summed E-state index contributed by atoms with van der Waals surface area (Å²) in [4.78, 5) is 24.3. The van der Waals surface area contributed by atoms with Gasteiger partial charge in [-0.25, -0.2) is 14.2 Å². The first kappa shape index (κ1) is 22.2. The quantitative estimate of drug-likeness (QED) is 0.454. The summed E-state index contributed by atoms with van der Waals surface area (Å²) in [5, 5.41) is 14.0. The van der Waals surface area contributed by atoms with Crippen LogP contribution in [-0.4, -0.2) is 45.5 Å². The number of carbonyl (C=O) groups excluding carboxylic acids is 1. The van der Waals surface area contributed by atoms with Crippen molar-refractivity contribution in [3.8, 4) is 17.1 Å². The highest BCUT2D eigenvalue weighted by atomic mass is 32.2. The number of amides is 1. The lowest BCUT2D eigenvalue weighted by molar-refractivity contribution is 0.183. The SMILES string of the molecule is COC(=O)/N=C(SC)/C(=N\c1ccc(-c2noc(C)n2)cc1)c1cc(C)cc(O)c1F. The molecule has 0 aliphatic carbocycles. The van der Waals surface area contributed by atoms with Gasteiger partial charge in [-0.1, -0.05) is 5.16 Å². The number of phenols is 1. The van der Waals surface area contributed by atoms with E-state index in [1.165, 1.54) is 19.2 Å². The fourth-order valence-electron chi connectivity index (χ4n) is 2.70. The number of carbonyl (C=O) groups is 1. The lowest BCUT2D eigenvalue weighted by atomic mass is 10.1. The molecule has 1 heterocycles. The number of benzene rings is 2.